The standard InChI is InChI=1S/C25H26ClF3N2O2/c26-21-10-9-17-11-13-31(24(33)25(27,28)29)14-12-20(17)22(21)18-7-5-16(6-8-18)15-30-23(32)19-3-1-2-4-19/h5-10,19H,1-4,11-15H2,(H,30,32). The van der Waals surface area contributed by atoms with Crippen molar-refractivity contribution in [2.75, 3.05) is 13.1 Å². The summed E-state index contributed by atoms with van der Waals surface area (Å²) in [4.78, 5) is 24.8. The van der Waals surface area contributed by atoms with Gasteiger partial charge < -0.3 is 10.2 Å². The summed E-state index contributed by atoms with van der Waals surface area (Å²) in [6.45, 7) is 0.459. The summed E-state index contributed by atoms with van der Waals surface area (Å²) >= 11 is 6.52. The van der Waals surface area contributed by atoms with Crippen LogP contribution in [0.4, 0.5) is 13.2 Å². The van der Waals surface area contributed by atoms with Crippen molar-refractivity contribution in [1.29, 1.82) is 0 Å². The number of benzene rings is 2. The van der Waals surface area contributed by atoms with Crippen molar-refractivity contribution in [2.24, 2.45) is 5.92 Å². The number of carbonyl (C=O) groups is 2. The Kier molecular flexibility index (Phi) is 6.98. The highest BCUT2D eigenvalue weighted by Crippen LogP contribution is 2.36. The van der Waals surface area contributed by atoms with Crippen LogP contribution in [0.15, 0.2) is 36.4 Å². The van der Waals surface area contributed by atoms with Crippen molar-refractivity contribution in [2.45, 2.75) is 51.2 Å². The number of nitrogens with one attached hydrogen (secondary N) is 1. The lowest BCUT2D eigenvalue weighted by molar-refractivity contribution is -0.185. The molecule has 1 N–H and O–H groups in total. The van der Waals surface area contributed by atoms with Gasteiger partial charge in [-0.2, -0.15) is 13.2 Å². The lowest BCUT2D eigenvalue weighted by Crippen LogP contribution is -2.42. The fraction of sp³-hybridized carbons (Fsp3) is 0.440. The summed E-state index contributed by atoms with van der Waals surface area (Å²) in [6, 6.07) is 11.3. The van der Waals surface area contributed by atoms with Gasteiger partial charge in [0.1, 0.15) is 0 Å². The van der Waals surface area contributed by atoms with Gasteiger partial charge in [0.2, 0.25) is 5.91 Å². The molecule has 8 heteroatoms. The first-order chi connectivity index (χ1) is 15.7. The van der Waals surface area contributed by atoms with Crippen LogP contribution in [0.1, 0.15) is 42.4 Å². The van der Waals surface area contributed by atoms with E-state index in [4.69, 9.17) is 11.6 Å². The van der Waals surface area contributed by atoms with Gasteiger partial charge >= 0.3 is 12.1 Å². The smallest absolute Gasteiger partial charge is 0.352 e. The summed E-state index contributed by atoms with van der Waals surface area (Å²) < 4.78 is 38.7. The molecule has 0 aromatic heterocycles. The molecular formula is C25H26ClF3N2O2. The molecular weight excluding hydrogens is 453 g/mol. The summed E-state index contributed by atoms with van der Waals surface area (Å²) in [5, 5.41) is 3.52. The van der Waals surface area contributed by atoms with E-state index in [1.54, 1.807) is 6.07 Å². The minimum atomic E-state index is -4.87. The third-order valence-electron chi connectivity index (χ3n) is 6.61. The topological polar surface area (TPSA) is 49.4 Å². The molecule has 4 rings (SSSR count). The van der Waals surface area contributed by atoms with Crippen molar-refractivity contribution >= 4 is 23.4 Å². The predicted octanol–water partition coefficient (Wildman–Crippen LogP) is 5.30. The molecule has 0 saturated heterocycles. The van der Waals surface area contributed by atoms with Crippen molar-refractivity contribution < 1.29 is 22.8 Å². The molecule has 1 aliphatic heterocycles. The second-order valence-corrected chi connectivity index (χ2v) is 9.15. The van der Waals surface area contributed by atoms with Gasteiger partial charge in [-0.25, -0.2) is 0 Å². The SMILES string of the molecule is O=C(NCc1ccc(-c2c(Cl)ccc3c2CCN(C(=O)C(F)(F)F)CC3)cc1)C1CCCC1. The molecule has 1 saturated carbocycles. The highest BCUT2D eigenvalue weighted by Gasteiger charge is 2.42. The van der Waals surface area contributed by atoms with Crippen LogP contribution in [-0.2, 0) is 29.0 Å². The van der Waals surface area contributed by atoms with E-state index in [1.807, 2.05) is 30.3 Å². The molecule has 0 radical (unpaired) electrons. The number of carbonyl (C=O) groups excluding carboxylic acids is 2. The number of fused-ring (bicyclic) bond motifs is 1. The Bertz CT molecular complexity index is 1030. The maximum atomic E-state index is 12.9. The number of alkyl halides is 3. The lowest BCUT2D eigenvalue weighted by Gasteiger charge is -2.21. The largest absolute Gasteiger partial charge is 0.471 e. The van der Waals surface area contributed by atoms with E-state index in [-0.39, 0.29) is 24.9 Å². The van der Waals surface area contributed by atoms with E-state index in [9.17, 15) is 22.8 Å². The van der Waals surface area contributed by atoms with Gasteiger partial charge in [-0.1, -0.05) is 54.8 Å². The van der Waals surface area contributed by atoms with Gasteiger partial charge in [0, 0.05) is 36.1 Å². The molecule has 0 unspecified atom stereocenters. The zero-order valence-corrected chi connectivity index (χ0v) is 18.9. The van der Waals surface area contributed by atoms with E-state index >= 15 is 0 Å². The average molecular weight is 479 g/mol. The second kappa shape index (κ2) is 9.75. The van der Waals surface area contributed by atoms with Crippen LogP contribution in [0.5, 0.6) is 0 Å². The molecule has 4 nitrogen and oxygen atoms in total. The Morgan fingerprint density at radius 3 is 2.33 bits per heavy atom. The number of nitrogens with zero attached hydrogens (tertiary/aromatic N) is 1. The van der Waals surface area contributed by atoms with E-state index in [1.165, 1.54) is 0 Å². The number of rotatable bonds is 4. The Labute approximate surface area is 196 Å². The molecule has 1 heterocycles. The number of hydrogen-bond donors (Lipinski definition) is 1. The molecule has 2 aliphatic rings. The monoisotopic (exact) mass is 478 g/mol. The predicted molar refractivity (Wildman–Crippen MR) is 121 cm³/mol. The Morgan fingerprint density at radius 2 is 1.67 bits per heavy atom. The average Bonchev–Trinajstić information content (AvgIpc) is 3.25. The summed E-state index contributed by atoms with van der Waals surface area (Å²) in [5.41, 5.74) is 4.39. The summed E-state index contributed by atoms with van der Waals surface area (Å²) in [5.74, 6) is -1.58. The van der Waals surface area contributed by atoms with E-state index in [0.717, 1.165) is 58.4 Å². The number of amides is 2. The second-order valence-electron chi connectivity index (χ2n) is 8.75. The van der Waals surface area contributed by atoms with Crippen LogP contribution in [0, 0.1) is 5.92 Å². The first-order valence-electron chi connectivity index (χ1n) is 11.3. The third-order valence-corrected chi connectivity index (χ3v) is 6.92. The summed E-state index contributed by atoms with van der Waals surface area (Å²) in [6.07, 6.45) is -0.115. The van der Waals surface area contributed by atoms with E-state index in [2.05, 4.69) is 5.32 Å². The Morgan fingerprint density at radius 1 is 1.00 bits per heavy atom. The molecule has 1 aliphatic carbocycles. The zero-order chi connectivity index (χ0) is 23.6. The van der Waals surface area contributed by atoms with Gasteiger partial charge in [-0.05, 0) is 54.0 Å². The molecule has 2 aromatic carbocycles. The number of hydrogen-bond acceptors (Lipinski definition) is 2. The van der Waals surface area contributed by atoms with Gasteiger partial charge in [0.05, 0.1) is 0 Å². The highest BCUT2D eigenvalue weighted by molar-refractivity contribution is 6.33. The molecule has 176 valence electrons. The molecule has 0 bridgehead atoms. The molecule has 0 atom stereocenters. The lowest BCUT2D eigenvalue weighted by atomic mass is 9.92. The fourth-order valence-corrected chi connectivity index (χ4v) is 5.09. The van der Waals surface area contributed by atoms with Crippen LogP contribution < -0.4 is 5.32 Å². The Balaban J connectivity index is 1.50. The maximum absolute atomic E-state index is 12.9. The molecule has 2 aromatic rings. The third kappa shape index (κ3) is 5.35. The van der Waals surface area contributed by atoms with E-state index in [0.29, 0.717) is 24.4 Å². The van der Waals surface area contributed by atoms with Crippen molar-refractivity contribution in [3.05, 3.63) is 58.1 Å². The van der Waals surface area contributed by atoms with Gasteiger partial charge in [0.15, 0.2) is 0 Å². The Hall–Kier alpha value is -2.54. The van der Waals surface area contributed by atoms with Gasteiger partial charge in [-0.3, -0.25) is 9.59 Å². The molecule has 33 heavy (non-hydrogen) atoms. The first-order valence-corrected chi connectivity index (χ1v) is 11.6. The van der Waals surface area contributed by atoms with Crippen molar-refractivity contribution in [3.8, 4) is 11.1 Å². The van der Waals surface area contributed by atoms with Gasteiger partial charge in [-0.15, -0.1) is 0 Å². The quantitative estimate of drug-likeness (QED) is 0.648. The molecule has 2 amide bonds. The van der Waals surface area contributed by atoms with Crippen LogP contribution in [-0.4, -0.2) is 36.0 Å². The van der Waals surface area contributed by atoms with E-state index < -0.39 is 12.1 Å². The number of halogens is 4. The summed E-state index contributed by atoms with van der Waals surface area (Å²) in [7, 11) is 0. The normalized spacial score (nSPS) is 16.9. The highest BCUT2D eigenvalue weighted by atomic mass is 35.5. The molecule has 0 spiro atoms. The minimum Gasteiger partial charge on any atom is -0.352 e. The van der Waals surface area contributed by atoms with Crippen LogP contribution >= 0.6 is 11.6 Å². The zero-order valence-electron chi connectivity index (χ0n) is 18.2. The minimum absolute atomic E-state index is 0.00995. The van der Waals surface area contributed by atoms with Crippen LogP contribution in [0.2, 0.25) is 5.02 Å². The van der Waals surface area contributed by atoms with Crippen LogP contribution in [0.25, 0.3) is 11.1 Å². The molecule has 1 fully saturated rings. The first kappa shape index (κ1) is 23.6. The maximum Gasteiger partial charge on any atom is 0.471 e. The van der Waals surface area contributed by atoms with Crippen molar-refractivity contribution in [3.63, 3.8) is 0 Å². The van der Waals surface area contributed by atoms with Crippen LogP contribution in [0.3, 0.4) is 0 Å². The van der Waals surface area contributed by atoms with Crippen molar-refractivity contribution in [1.82, 2.24) is 10.2 Å². The van der Waals surface area contributed by atoms with Gasteiger partial charge in [0.25, 0.3) is 0 Å². The fourth-order valence-electron chi connectivity index (χ4n) is 4.80.